The van der Waals surface area contributed by atoms with Crippen LogP contribution in [0.15, 0.2) is 35.6 Å². The molecule has 0 unspecified atom stereocenters. The Morgan fingerprint density at radius 2 is 2.24 bits per heavy atom. The number of aryl methyl sites for hydroxylation is 2. The van der Waals surface area contributed by atoms with Crippen molar-refractivity contribution in [2.45, 2.75) is 13.0 Å². The summed E-state index contributed by atoms with van der Waals surface area (Å²) in [5.41, 5.74) is -0.105. The predicted molar refractivity (Wildman–Crippen MR) is 64.8 cm³/mol. The Kier molecular flexibility index (Phi) is 3.54. The van der Waals surface area contributed by atoms with Gasteiger partial charge in [-0.1, -0.05) is 0 Å². The van der Waals surface area contributed by atoms with Crippen molar-refractivity contribution < 1.29 is 0 Å². The van der Waals surface area contributed by atoms with Gasteiger partial charge in [-0.3, -0.25) is 9.48 Å². The molecule has 0 spiro atoms. The third kappa shape index (κ3) is 2.93. The second-order valence-electron chi connectivity index (χ2n) is 3.74. The minimum atomic E-state index is -0.105. The fraction of sp³-hybridized carbons (Fsp3) is 0.364. The highest BCUT2D eigenvalue weighted by Crippen LogP contribution is 1.94. The largest absolute Gasteiger partial charge is 0.365 e. The smallest absolute Gasteiger partial charge is 0.293 e. The topological polar surface area (TPSA) is 64.7 Å². The van der Waals surface area contributed by atoms with Gasteiger partial charge in [-0.25, -0.2) is 4.98 Å². The van der Waals surface area contributed by atoms with Crippen LogP contribution in [0.1, 0.15) is 6.42 Å². The molecule has 6 nitrogen and oxygen atoms in total. The maximum Gasteiger partial charge on any atom is 0.293 e. The van der Waals surface area contributed by atoms with Crippen molar-refractivity contribution in [3.05, 3.63) is 41.2 Å². The first-order valence-corrected chi connectivity index (χ1v) is 5.50. The van der Waals surface area contributed by atoms with E-state index in [0.717, 1.165) is 13.0 Å². The van der Waals surface area contributed by atoms with Crippen LogP contribution in [-0.4, -0.2) is 25.9 Å². The molecule has 0 atom stereocenters. The van der Waals surface area contributed by atoms with Crippen molar-refractivity contribution in [3.8, 4) is 0 Å². The first-order valence-electron chi connectivity index (χ1n) is 5.50. The van der Waals surface area contributed by atoms with Gasteiger partial charge >= 0.3 is 0 Å². The maximum absolute atomic E-state index is 11.6. The molecule has 90 valence electrons. The minimum absolute atomic E-state index is 0.105. The van der Waals surface area contributed by atoms with Crippen LogP contribution < -0.4 is 10.9 Å². The highest BCUT2D eigenvalue weighted by atomic mass is 16.1. The second kappa shape index (κ2) is 5.29. The SMILES string of the molecule is Cn1ccnc(NCCCn2cccn2)c1=O. The first kappa shape index (κ1) is 11.4. The number of nitrogens with zero attached hydrogens (tertiary/aromatic N) is 4. The number of aromatic nitrogens is 4. The lowest BCUT2D eigenvalue weighted by Gasteiger charge is -2.06. The van der Waals surface area contributed by atoms with Gasteiger partial charge in [-0.2, -0.15) is 5.10 Å². The van der Waals surface area contributed by atoms with Gasteiger partial charge in [-0.05, 0) is 12.5 Å². The van der Waals surface area contributed by atoms with Gasteiger partial charge in [0.25, 0.3) is 5.56 Å². The summed E-state index contributed by atoms with van der Waals surface area (Å²) in [6.07, 6.45) is 7.80. The average molecular weight is 233 g/mol. The zero-order chi connectivity index (χ0) is 12.1. The molecule has 2 heterocycles. The zero-order valence-electron chi connectivity index (χ0n) is 9.71. The lowest BCUT2D eigenvalue weighted by atomic mass is 10.4. The molecule has 0 aliphatic carbocycles. The van der Waals surface area contributed by atoms with Crippen LogP contribution in [0.4, 0.5) is 5.82 Å². The summed E-state index contributed by atoms with van der Waals surface area (Å²) < 4.78 is 3.36. The fourth-order valence-corrected chi connectivity index (χ4v) is 1.50. The molecule has 0 fully saturated rings. The summed E-state index contributed by atoms with van der Waals surface area (Å²) in [5.74, 6) is 0.399. The van der Waals surface area contributed by atoms with Crippen molar-refractivity contribution in [2.75, 3.05) is 11.9 Å². The van der Waals surface area contributed by atoms with E-state index in [2.05, 4.69) is 15.4 Å². The van der Waals surface area contributed by atoms with Crippen LogP contribution in [-0.2, 0) is 13.6 Å². The molecule has 0 radical (unpaired) electrons. The Balaban J connectivity index is 1.82. The standard InChI is InChI=1S/C11H15N5O/c1-15-9-6-13-10(11(15)17)12-4-2-7-16-8-3-5-14-16/h3,5-6,8-9H,2,4,7H2,1H3,(H,12,13). The molecule has 0 amide bonds. The van der Waals surface area contributed by atoms with E-state index >= 15 is 0 Å². The van der Waals surface area contributed by atoms with Crippen molar-refractivity contribution in [1.29, 1.82) is 0 Å². The Morgan fingerprint density at radius 1 is 1.35 bits per heavy atom. The van der Waals surface area contributed by atoms with E-state index < -0.39 is 0 Å². The van der Waals surface area contributed by atoms with E-state index in [1.807, 2.05) is 16.9 Å². The number of anilines is 1. The van der Waals surface area contributed by atoms with E-state index in [1.54, 1.807) is 25.6 Å². The molecule has 0 saturated carbocycles. The van der Waals surface area contributed by atoms with Crippen LogP contribution >= 0.6 is 0 Å². The fourth-order valence-electron chi connectivity index (χ4n) is 1.50. The normalized spacial score (nSPS) is 10.4. The van der Waals surface area contributed by atoms with Gasteiger partial charge < -0.3 is 9.88 Å². The molecule has 2 aromatic rings. The zero-order valence-corrected chi connectivity index (χ0v) is 9.71. The Labute approximate surface area is 98.9 Å². The summed E-state index contributed by atoms with van der Waals surface area (Å²) in [5, 5.41) is 7.13. The van der Waals surface area contributed by atoms with E-state index in [9.17, 15) is 4.79 Å². The molecule has 17 heavy (non-hydrogen) atoms. The van der Waals surface area contributed by atoms with Gasteiger partial charge in [-0.15, -0.1) is 0 Å². The van der Waals surface area contributed by atoms with Gasteiger partial charge in [0.2, 0.25) is 0 Å². The minimum Gasteiger partial charge on any atom is -0.365 e. The molecule has 1 N–H and O–H groups in total. The number of hydrogen-bond donors (Lipinski definition) is 1. The highest BCUT2D eigenvalue weighted by molar-refractivity contribution is 5.30. The molecule has 2 aromatic heterocycles. The van der Waals surface area contributed by atoms with Crippen molar-refractivity contribution in [3.63, 3.8) is 0 Å². The third-order valence-electron chi connectivity index (χ3n) is 2.43. The molecule has 2 rings (SSSR count). The van der Waals surface area contributed by atoms with Crippen molar-refractivity contribution >= 4 is 5.82 Å². The lowest BCUT2D eigenvalue weighted by Crippen LogP contribution is -2.22. The van der Waals surface area contributed by atoms with Gasteiger partial charge in [0, 0.05) is 44.9 Å². The molecule has 0 aromatic carbocycles. The highest BCUT2D eigenvalue weighted by Gasteiger charge is 2.00. The van der Waals surface area contributed by atoms with Gasteiger partial charge in [0.15, 0.2) is 5.82 Å². The lowest BCUT2D eigenvalue weighted by molar-refractivity contribution is 0.591. The Morgan fingerprint density at radius 3 is 3.00 bits per heavy atom. The number of hydrogen-bond acceptors (Lipinski definition) is 4. The average Bonchev–Trinajstić information content (AvgIpc) is 2.83. The molecule has 0 saturated heterocycles. The third-order valence-corrected chi connectivity index (χ3v) is 2.43. The Hall–Kier alpha value is -2.11. The molecule has 6 heteroatoms. The predicted octanol–water partition coefficient (Wildman–Crippen LogP) is 0.479. The van der Waals surface area contributed by atoms with Crippen LogP contribution in [0.3, 0.4) is 0 Å². The maximum atomic E-state index is 11.6. The summed E-state index contributed by atoms with van der Waals surface area (Å²) in [6.45, 7) is 1.53. The Bertz CT molecular complexity index is 517. The van der Waals surface area contributed by atoms with Crippen LogP contribution in [0, 0.1) is 0 Å². The number of nitrogens with one attached hydrogen (secondary N) is 1. The summed E-state index contributed by atoms with van der Waals surface area (Å²) in [4.78, 5) is 15.6. The molecule has 0 aliphatic rings. The van der Waals surface area contributed by atoms with Crippen LogP contribution in [0.2, 0.25) is 0 Å². The quantitative estimate of drug-likeness (QED) is 0.763. The van der Waals surface area contributed by atoms with E-state index in [0.29, 0.717) is 12.4 Å². The monoisotopic (exact) mass is 233 g/mol. The summed E-state index contributed by atoms with van der Waals surface area (Å²) in [7, 11) is 1.71. The summed E-state index contributed by atoms with van der Waals surface area (Å²) in [6, 6.07) is 1.89. The molecule has 0 aliphatic heterocycles. The summed E-state index contributed by atoms with van der Waals surface area (Å²) >= 11 is 0. The first-order chi connectivity index (χ1) is 8.27. The van der Waals surface area contributed by atoms with Crippen LogP contribution in [0.25, 0.3) is 0 Å². The molecule has 0 bridgehead atoms. The van der Waals surface area contributed by atoms with Crippen molar-refractivity contribution in [2.24, 2.45) is 7.05 Å². The van der Waals surface area contributed by atoms with Crippen molar-refractivity contribution in [1.82, 2.24) is 19.3 Å². The van der Waals surface area contributed by atoms with Gasteiger partial charge in [0.1, 0.15) is 0 Å². The van der Waals surface area contributed by atoms with E-state index in [1.165, 1.54) is 4.57 Å². The van der Waals surface area contributed by atoms with Crippen LogP contribution in [0.5, 0.6) is 0 Å². The number of rotatable bonds is 5. The molecular weight excluding hydrogens is 218 g/mol. The van der Waals surface area contributed by atoms with Gasteiger partial charge in [0.05, 0.1) is 0 Å². The molecular formula is C11H15N5O. The van der Waals surface area contributed by atoms with E-state index in [-0.39, 0.29) is 5.56 Å². The van der Waals surface area contributed by atoms with E-state index in [4.69, 9.17) is 0 Å². The second-order valence-corrected chi connectivity index (χ2v) is 3.74.